The van der Waals surface area contributed by atoms with Gasteiger partial charge in [0, 0.05) is 20.1 Å². The number of carbonyl (C=O) groups is 1. The summed E-state index contributed by atoms with van der Waals surface area (Å²) in [7, 11) is 2.06. The van der Waals surface area contributed by atoms with Crippen molar-refractivity contribution in [2.24, 2.45) is 28.6 Å². The van der Waals surface area contributed by atoms with Gasteiger partial charge in [0.2, 0.25) is 5.91 Å². The fraction of sp³-hybridized carbons (Fsp3) is 0.944. The summed E-state index contributed by atoms with van der Waals surface area (Å²) in [6.45, 7) is 5.01. The van der Waals surface area contributed by atoms with Crippen molar-refractivity contribution in [1.82, 2.24) is 10.2 Å². The molecule has 1 atom stereocenters. The molecule has 0 aromatic rings. The number of nitrogens with one attached hydrogen (secondary N) is 1. The molecule has 3 heteroatoms. The van der Waals surface area contributed by atoms with E-state index in [-0.39, 0.29) is 5.41 Å². The topological polar surface area (TPSA) is 32.3 Å². The summed E-state index contributed by atoms with van der Waals surface area (Å²) >= 11 is 0. The van der Waals surface area contributed by atoms with E-state index in [1.54, 1.807) is 0 Å². The molecule has 5 aliphatic rings. The highest BCUT2D eigenvalue weighted by molar-refractivity contribution is 5.82. The van der Waals surface area contributed by atoms with Gasteiger partial charge in [0.1, 0.15) is 0 Å². The molecule has 0 radical (unpaired) electrons. The summed E-state index contributed by atoms with van der Waals surface area (Å²) in [5.74, 6) is 3.30. The third-order valence-electron chi connectivity index (χ3n) is 6.97. The first-order chi connectivity index (χ1) is 9.98. The summed E-state index contributed by atoms with van der Waals surface area (Å²) in [5, 5.41) is 3.36. The van der Waals surface area contributed by atoms with Gasteiger partial charge >= 0.3 is 0 Å². The minimum absolute atomic E-state index is 0.156. The molecule has 5 rings (SSSR count). The van der Waals surface area contributed by atoms with Gasteiger partial charge in [-0.2, -0.15) is 0 Å². The van der Waals surface area contributed by atoms with E-state index in [0.29, 0.717) is 11.3 Å². The largest absolute Gasteiger partial charge is 0.345 e. The monoisotopic (exact) mass is 290 g/mol. The van der Waals surface area contributed by atoms with Crippen molar-refractivity contribution in [3.8, 4) is 0 Å². The van der Waals surface area contributed by atoms with Gasteiger partial charge in [-0.25, -0.2) is 0 Å². The zero-order chi connectivity index (χ0) is 14.7. The van der Waals surface area contributed by atoms with Gasteiger partial charge in [-0.05, 0) is 81.6 Å². The van der Waals surface area contributed by atoms with Crippen molar-refractivity contribution < 1.29 is 4.79 Å². The van der Waals surface area contributed by atoms with Gasteiger partial charge in [-0.1, -0.05) is 0 Å². The Bertz CT molecular complexity index is 403. The second-order valence-electron chi connectivity index (χ2n) is 9.07. The fourth-order valence-corrected chi connectivity index (χ4v) is 6.52. The minimum Gasteiger partial charge on any atom is -0.345 e. The predicted octanol–water partition coefficient (Wildman–Crippen LogP) is 2.66. The van der Waals surface area contributed by atoms with Crippen LogP contribution >= 0.6 is 0 Å². The van der Waals surface area contributed by atoms with Crippen LogP contribution in [-0.4, -0.2) is 37.5 Å². The number of nitrogens with zero attached hydrogens (tertiary/aromatic N) is 1. The number of rotatable bonds is 3. The van der Waals surface area contributed by atoms with Crippen LogP contribution in [0.3, 0.4) is 0 Å². The second kappa shape index (κ2) is 4.71. The lowest BCUT2D eigenvalue weighted by Crippen LogP contribution is -2.53. The summed E-state index contributed by atoms with van der Waals surface area (Å²) in [6, 6.07) is 0. The molecule has 1 N–H and O–H groups in total. The molecule has 1 unspecified atom stereocenters. The molecular weight excluding hydrogens is 260 g/mol. The van der Waals surface area contributed by atoms with Crippen LogP contribution in [0.15, 0.2) is 0 Å². The first kappa shape index (κ1) is 14.0. The zero-order valence-corrected chi connectivity index (χ0v) is 13.7. The molecule has 0 spiro atoms. The van der Waals surface area contributed by atoms with Crippen LogP contribution in [-0.2, 0) is 4.79 Å². The highest BCUT2D eigenvalue weighted by Crippen LogP contribution is 2.60. The summed E-state index contributed by atoms with van der Waals surface area (Å²) in [5.41, 5.74) is 0.318. The van der Waals surface area contributed by atoms with Crippen molar-refractivity contribution in [1.29, 1.82) is 0 Å². The van der Waals surface area contributed by atoms with E-state index in [1.165, 1.54) is 38.5 Å². The van der Waals surface area contributed by atoms with E-state index < -0.39 is 0 Å². The van der Waals surface area contributed by atoms with Gasteiger partial charge in [0.25, 0.3) is 0 Å². The smallest absolute Gasteiger partial charge is 0.229 e. The molecule has 4 bridgehead atoms. The summed E-state index contributed by atoms with van der Waals surface area (Å²) in [4.78, 5) is 15.0. The van der Waals surface area contributed by atoms with E-state index in [0.717, 1.165) is 43.8 Å². The molecule has 1 amide bonds. The quantitative estimate of drug-likeness (QED) is 0.866. The average molecular weight is 290 g/mol. The van der Waals surface area contributed by atoms with E-state index >= 15 is 0 Å². The first-order valence-electron chi connectivity index (χ1n) is 8.94. The molecule has 4 saturated carbocycles. The molecule has 1 aliphatic heterocycles. The first-order valence-corrected chi connectivity index (χ1v) is 8.94. The van der Waals surface area contributed by atoms with Gasteiger partial charge in [-0.15, -0.1) is 0 Å². The second-order valence-corrected chi connectivity index (χ2v) is 9.07. The van der Waals surface area contributed by atoms with Crippen LogP contribution in [0.1, 0.15) is 51.9 Å². The maximum absolute atomic E-state index is 12.9. The Morgan fingerprint density at radius 1 is 1.14 bits per heavy atom. The number of amides is 1. The van der Waals surface area contributed by atoms with Gasteiger partial charge in [0.05, 0.1) is 5.41 Å². The Labute approximate surface area is 128 Å². The highest BCUT2D eigenvalue weighted by atomic mass is 16.2. The van der Waals surface area contributed by atoms with Gasteiger partial charge < -0.3 is 10.2 Å². The van der Waals surface area contributed by atoms with E-state index in [4.69, 9.17) is 0 Å². The lowest BCUT2D eigenvalue weighted by molar-refractivity contribution is -0.144. The molecule has 118 valence electrons. The van der Waals surface area contributed by atoms with E-state index in [1.807, 2.05) is 0 Å². The van der Waals surface area contributed by atoms with Crippen LogP contribution in [0.4, 0.5) is 0 Å². The van der Waals surface area contributed by atoms with Crippen molar-refractivity contribution in [2.75, 3.05) is 26.7 Å². The Balaban J connectivity index is 1.47. The standard InChI is InChI=1S/C18H30N2O/c1-17(3-4-19-11-17)16(21)20(2)12-18-8-13-5-14(9-18)7-15(6-13)10-18/h13-15,19H,3-12H2,1-2H3. The summed E-state index contributed by atoms with van der Waals surface area (Å²) < 4.78 is 0. The normalized spacial score (nSPS) is 47.8. The van der Waals surface area contributed by atoms with Crippen molar-refractivity contribution in [3.63, 3.8) is 0 Å². The fourth-order valence-electron chi connectivity index (χ4n) is 6.52. The van der Waals surface area contributed by atoms with Gasteiger partial charge in [0.15, 0.2) is 0 Å². The van der Waals surface area contributed by atoms with E-state index in [2.05, 4.69) is 24.2 Å². The molecule has 0 aromatic heterocycles. The van der Waals surface area contributed by atoms with Crippen molar-refractivity contribution in [2.45, 2.75) is 51.9 Å². The Morgan fingerprint density at radius 2 is 1.71 bits per heavy atom. The number of carbonyl (C=O) groups excluding carboxylic acids is 1. The third kappa shape index (κ3) is 2.32. The highest BCUT2D eigenvalue weighted by Gasteiger charge is 2.52. The Hall–Kier alpha value is -0.570. The minimum atomic E-state index is -0.156. The van der Waals surface area contributed by atoms with Crippen LogP contribution in [0.2, 0.25) is 0 Å². The van der Waals surface area contributed by atoms with Crippen LogP contribution < -0.4 is 5.32 Å². The summed E-state index contributed by atoms with van der Waals surface area (Å²) in [6.07, 6.45) is 9.63. The molecule has 1 heterocycles. The van der Waals surface area contributed by atoms with Crippen LogP contribution in [0.25, 0.3) is 0 Å². The Morgan fingerprint density at radius 3 is 2.19 bits per heavy atom. The number of hydrogen-bond donors (Lipinski definition) is 1. The van der Waals surface area contributed by atoms with Crippen LogP contribution in [0, 0.1) is 28.6 Å². The zero-order valence-electron chi connectivity index (χ0n) is 13.7. The molecule has 21 heavy (non-hydrogen) atoms. The molecule has 0 aromatic carbocycles. The van der Waals surface area contributed by atoms with Gasteiger partial charge in [-0.3, -0.25) is 4.79 Å². The lowest BCUT2D eigenvalue weighted by atomic mass is 9.49. The molecule has 3 nitrogen and oxygen atoms in total. The lowest BCUT2D eigenvalue weighted by Gasteiger charge is -2.57. The maximum Gasteiger partial charge on any atom is 0.229 e. The van der Waals surface area contributed by atoms with Crippen molar-refractivity contribution in [3.05, 3.63) is 0 Å². The predicted molar refractivity (Wildman–Crippen MR) is 83.8 cm³/mol. The van der Waals surface area contributed by atoms with Crippen molar-refractivity contribution >= 4 is 5.91 Å². The number of hydrogen-bond acceptors (Lipinski definition) is 2. The molecule has 4 aliphatic carbocycles. The maximum atomic E-state index is 12.9. The van der Waals surface area contributed by atoms with Crippen LogP contribution in [0.5, 0.6) is 0 Å². The molecule has 5 fully saturated rings. The third-order valence-corrected chi connectivity index (χ3v) is 6.97. The SMILES string of the molecule is CN(CC12CC3CC(CC(C3)C1)C2)C(=O)C1(C)CCNC1. The molecular formula is C18H30N2O. The molecule has 1 saturated heterocycles. The average Bonchev–Trinajstić information content (AvgIpc) is 2.83. The Kier molecular flexibility index (Phi) is 3.15. The van der Waals surface area contributed by atoms with E-state index in [9.17, 15) is 4.79 Å².